The number of thiocarbonyl (C=S) groups is 2. The van der Waals surface area contributed by atoms with Crippen molar-refractivity contribution in [2.45, 2.75) is 0 Å². The third kappa shape index (κ3) is 5.27. The van der Waals surface area contributed by atoms with E-state index in [1.807, 2.05) is 6.07 Å². The van der Waals surface area contributed by atoms with Crippen LogP contribution in [0.5, 0.6) is 0 Å². The van der Waals surface area contributed by atoms with Crippen LogP contribution in [0, 0.1) is 0 Å². The van der Waals surface area contributed by atoms with Crippen LogP contribution in [-0.2, 0) is 0 Å². The SMILES string of the molecule is S=C(NNC(=S)Nc1cc(Cl)ccc1Cl)Nc1cccnc1. The summed E-state index contributed by atoms with van der Waals surface area (Å²) >= 11 is 22.2. The highest BCUT2D eigenvalue weighted by Gasteiger charge is 2.04. The van der Waals surface area contributed by atoms with Gasteiger partial charge in [0, 0.05) is 11.2 Å². The summed E-state index contributed by atoms with van der Waals surface area (Å²) in [6.45, 7) is 0. The standard InChI is InChI=1S/C13H11Cl2N5S2/c14-8-3-4-10(15)11(6-8)18-13(22)20-19-12(21)17-9-2-1-5-16-7-9/h1-7H,(H2,17,19,21)(H2,18,20,22). The second-order valence-electron chi connectivity index (χ2n) is 4.02. The molecule has 0 spiro atoms. The fraction of sp³-hybridized carbons (Fsp3) is 0. The second kappa shape index (κ2) is 8.09. The van der Waals surface area contributed by atoms with Crippen molar-refractivity contribution in [3.8, 4) is 0 Å². The van der Waals surface area contributed by atoms with Crippen LogP contribution in [0.4, 0.5) is 11.4 Å². The summed E-state index contributed by atoms with van der Waals surface area (Å²) in [6.07, 6.45) is 3.32. The average molecular weight is 372 g/mol. The molecule has 1 heterocycles. The molecule has 0 saturated carbocycles. The first-order valence-electron chi connectivity index (χ1n) is 6.03. The van der Waals surface area contributed by atoms with E-state index < -0.39 is 0 Å². The molecule has 114 valence electrons. The summed E-state index contributed by atoms with van der Waals surface area (Å²) in [5.41, 5.74) is 6.85. The summed E-state index contributed by atoms with van der Waals surface area (Å²) < 4.78 is 0. The Bertz CT molecular complexity index is 681. The quantitative estimate of drug-likeness (QED) is 0.475. The van der Waals surface area contributed by atoms with Crippen molar-refractivity contribution in [1.82, 2.24) is 15.8 Å². The summed E-state index contributed by atoms with van der Waals surface area (Å²) in [7, 11) is 0. The summed E-state index contributed by atoms with van der Waals surface area (Å²) in [5, 5.41) is 7.54. The van der Waals surface area contributed by atoms with Gasteiger partial charge in [-0.05, 0) is 54.8 Å². The van der Waals surface area contributed by atoms with Crippen molar-refractivity contribution >= 4 is 69.2 Å². The molecule has 0 aliphatic heterocycles. The Morgan fingerprint density at radius 2 is 1.73 bits per heavy atom. The number of hydrogen-bond acceptors (Lipinski definition) is 3. The molecule has 0 atom stereocenters. The number of anilines is 2. The topological polar surface area (TPSA) is 61.0 Å². The van der Waals surface area contributed by atoms with Crippen LogP contribution in [0.25, 0.3) is 0 Å². The van der Waals surface area contributed by atoms with Gasteiger partial charge in [-0.3, -0.25) is 15.8 Å². The molecule has 0 fully saturated rings. The molecular formula is C13H11Cl2N5S2. The van der Waals surface area contributed by atoms with Crippen molar-refractivity contribution in [2.24, 2.45) is 0 Å². The van der Waals surface area contributed by atoms with Gasteiger partial charge in [0.2, 0.25) is 0 Å². The maximum absolute atomic E-state index is 6.04. The zero-order valence-electron chi connectivity index (χ0n) is 11.1. The third-order valence-electron chi connectivity index (χ3n) is 2.39. The lowest BCUT2D eigenvalue weighted by Crippen LogP contribution is -2.45. The van der Waals surface area contributed by atoms with Crippen LogP contribution >= 0.6 is 47.6 Å². The van der Waals surface area contributed by atoms with Gasteiger partial charge in [0.15, 0.2) is 10.2 Å². The molecule has 0 amide bonds. The van der Waals surface area contributed by atoms with E-state index in [-0.39, 0.29) is 0 Å². The molecule has 4 N–H and O–H groups in total. The van der Waals surface area contributed by atoms with E-state index >= 15 is 0 Å². The summed E-state index contributed by atoms with van der Waals surface area (Å²) in [5.74, 6) is 0. The molecule has 5 nitrogen and oxygen atoms in total. The van der Waals surface area contributed by atoms with E-state index in [1.165, 1.54) is 0 Å². The highest BCUT2D eigenvalue weighted by atomic mass is 35.5. The van der Waals surface area contributed by atoms with Gasteiger partial charge in [-0.1, -0.05) is 23.2 Å². The molecule has 1 aromatic carbocycles. The van der Waals surface area contributed by atoms with Gasteiger partial charge in [0.1, 0.15) is 0 Å². The van der Waals surface area contributed by atoms with Crippen LogP contribution in [0.1, 0.15) is 0 Å². The molecule has 1 aromatic heterocycles. The average Bonchev–Trinajstić information content (AvgIpc) is 2.50. The van der Waals surface area contributed by atoms with Crippen molar-refractivity contribution in [1.29, 1.82) is 0 Å². The Labute approximate surface area is 148 Å². The van der Waals surface area contributed by atoms with E-state index in [0.29, 0.717) is 26.0 Å². The van der Waals surface area contributed by atoms with Gasteiger partial charge in [-0.25, -0.2) is 0 Å². The number of halogens is 2. The van der Waals surface area contributed by atoms with Gasteiger partial charge in [-0.2, -0.15) is 0 Å². The maximum Gasteiger partial charge on any atom is 0.189 e. The minimum absolute atomic E-state index is 0.291. The van der Waals surface area contributed by atoms with E-state index in [4.69, 9.17) is 47.6 Å². The van der Waals surface area contributed by atoms with E-state index in [1.54, 1.807) is 36.7 Å². The molecule has 0 unspecified atom stereocenters. The summed E-state index contributed by atoms with van der Waals surface area (Å²) in [6, 6.07) is 8.67. The van der Waals surface area contributed by atoms with Crippen LogP contribution in [-0.4, -0.2) is 15.2 Å². The number of rotatable bonds is 2. The van der Waals surface area contributed by atoms with Crippen molar-refractivity contribution in [3.05, 3.63) is 52.8 Å². The van der Waals surface area contributed by atoms with Crippen LogP contribution in [0.3, 0.4) is 0 Å². The highest BCUT2D eigenvalue weighted by Crippen LogP contribution is 2.25. The molecular weight excluding hydrogens is 361 g/mol. The number of hydrazine groups is 1. The molecule has 0 aliphatic carbocycles. The van der Waals surface area contributed by atoms with Gasteiger partial charge in [0.25, 0.3) is 0 Å². The summed E-state index contributed by atoms with van der Waals surface area (Å²) in [4.78, 5) is 3.97. The minimum atomic E-state index is 0.291. The maximum atomic E-state index is 6.04. The van der Waals surface area contributed by atoms with Crippen molar-refractivity contribution in [3.63, 3.8) is 0 Å². The molecule has 2 aromatic rings. The van der Waals surface area contributed by atoms with Gasteiger partial charge in [-0.15, -0.1) is 0 Å². The molecule has 2 rings (SSSR count). The van der Waals surface area contributed by atoms with Crippen LogP contribution in [0.2, 0.25) is 10.0 Å². The zero-order valence-corrected chi connectivity index (χ0v) is 14.2. The Balaban J connectivity index is 1.82. The van der Waals surface area contributed by atoms with Crippen LogP contribution in [0.15, 0.2) is 42.7 Å². The lowest BCUT2D eigenvalue weighted by Gasteiger charge is -2.14. The van der Waals surface area contributed by atoms with E-state index in [2.05, 4.69) is 26.5 Å². The smallest absolute Gasteiger partial charge is 0.189 e. The molecule has 0 saturated heterocycles. The first-order chi connectivity index (χ1) is 10.5. The molecule has 0 bridgehead atoms. The van der Waals surface area contributed by atoms with Gasteiger partial charge in [0.05, 0.1) is 22.6 Å². The number of nitrogens with zero attached hydrogens (tertiary/aromatic N) is 1. The number of nitrogens with one attached hydrogen (secondary N) is 4. The zero-order chi connectivity index (χ0) is 15.9. The fourth-order valence-electron chi connectivity index (χ4n) is 1.46. The van der Waals surface area contributed by atoms with Crippen molar-refractivity contribution in [2.75, 3.05) is 10.6 Å². The predicted octanol–water partition coefficient (Wildman–Crippen LogP) is 3.58. The molecule has 9 heteroatoms. The minimum Gasteiger partial charge on any atom is -0.330 e. The Hall–Kier alpha value is -1.67. The molecule has 0 aliphatic rings. The Morgan fingerprint density at radius 1 is 1.00 bits per heavy atom. The Morgan fingerprint density at radius 3 is 2.41 bits per heavy atom. The van der Waals surface area contributed by atoms with Gasteiger partial charge < -0.3 is 10.6 Å². The third-order valence-corrected chi connectivity index (χ3v) is 3.36. The lowest BCUT2D eigenvalue weighted by molar-refractivity contribution is 0.885. The number of hydrogen-bond donors (Lipinski definition) is 4. The molecule has 0 radical (unpaired) electrons. The second-order valence-corrected chi connectivity index (χ2v) is 5.68. The fourth-order valence-corrected chi connectivity index (χ4v) is 2.13. The predicted molar refractivity (Wildman–Crippen MR) is 99.4 cm³/mol. The normalized spacial score (nSPS) is 9.73. The first kappa shape index (κ1) is 16.7. The Kier molecular flexibility index (Phi) is 6.14. The van der Waals surface area contributed by atoms with Crippen molar-refractivity contribution < 1.29 is 0 Å². The highest BCUT2D eigenvalue weighted by molar-refractivity contribution is 7.81. The monoisotopic (exact) mass is 371 g/mol. The largest absolute Gasteiger partial charge is 0.330 e. The lowest BCUT2D eigenvalue weighted by atomic mass is 10.3. The number of pyridine rings is 1. The number of aromatic nitrogens is 1. The molecule has 22 heavy (non-hydrogen) atoms. The van der Waals surface area contributed by atoms with Crippen LogP contribution < -0.4 is 21.5 Å². The number of benzene rings is 1. The van der Waals surface area contributed by atoms with E-state index in [0.717, 1.165) is 5.69 Å². The van der Waals surface area contributed by atoms with E-state index in [9.17, 15) is 0 Å². The first-order valence-corrected chi connectivity index (χ1v) is 7.61. The van der Waals surface area contributed by atoms with Gasteiger partial charge >= 0.3 is 0 Å².